The van der Waals surface area contributed by atoms with Crippen molar-refractivity contribution in [3.05, 3.63) is 119 Å². The summed E-state index contributed by atoms with van der Waals surface area (Å²) in [6.07, 6.45) is 8.06. The van der Waals surface area contributed by atoms with E-state index in [4.69, 9.17) is 16.6 Å². The zero-order valence-corrected chi connectivity index (χ0v) is 21.3. The Morgan fingerprint density at radius 1 is 1.06 bits per heavy atom. The van der Waals surface area contributed by atoms with Gasteiger partial charge in [0.05, 0.1) is 11.4 Å². The number of carbonyl (C=O) groups excluding carboxylic acids is 1. The number of carbonyl (C=O) groups is 1. The van der Waals surface area contributed by atoms with Crippen LogP contribution in [0.5, 0.6) is 0 Å². The van der Waals surface area contributed by atoms with Gasteiger partial charge in [0.25, 0.3) is 5.91 Å². The number of halogens is 1. The van der Waals surface area contributed by atoms with Crippen molar-refractivity contribution < 1.29 is 4.79 Å². The molecule has 1 aromatic heterocycles. The summed E-state index contributed by atoms with van der Waals surface area (Å²) in [5, 5.41) is 3.61. The largest absolute Gasteiger partial charge is 0.352 e. The maximum atomic E-state index is 12.9. The molecule has 0 atom stereocenters. The van der Waals surface area contributed by atoms with E-state index in [9.17, 15) is 4.79 Å². The molecule has 0 unspecified atom stereocenters. The van der Waals surface area contributed by atoms with E-state index >= 15 is 0 Å². The molecular weight excluding hydrogens is 474 g/mol. The van der Waals surface area contributed by atoms with E-state index in [0.717, 1.165) is 49.9 Å². The molecule has 1 amide bonds. The highest BCUT2D eigenvalue weighted by Crippen LogP contribution is 2.41. The van der Waals surface area contributed by atoms with Crippen LogP contribution in [0.15, 0.2) is 117 Å². The molecule has 1 aliphatic rings. The molecular formula is C29H26ClN3OS. The van der Waals surface area contributed by atoms with Gasteiger partial charge in [-0.1, -0.05) is 54.2 Å². The molecule has 1 N–H and O–H groups in total. The quantitative estimate of drug-likeness (QED) is 0.347. The van der Waals surface area contributed by atoms with E-state index in [1.54, 1.807) is 24.2 Å². The van der Waals surface area contributed by atoms with Crippen LogP contribution in [0, 0.1) is 0 Å². The fraction of sp³-hybridized carbons (Fsp3) is 0.138. The van der Waals surface area contributed by atoms with Gasteiger partial charge in [-0.25, -0.2) is 4.99 Å². The Balaban J connectivity index is 1.63. The number of pyridine rings is 1. The summed E-state index contributed by atoms with van der Waals surface area (Å²) in [4.78, 5) is 24.0. The lowest BCUT2D eigenvalue weighted by Gasteiger charge is -2.09. The van der Waals surface area contributed by atoms with E-state index in [-0.39, 0.29) is 5.91 Å². The number of fused-ring (bicyclic) bond motifs is 2. The van der Waals surface area contributed by atoms with Crippen molar-refractivity contribution in [1.82, 2.24) is 10.3 Å². The van der Waals surface area contributed by atoms with E-state index < -0.39 is 0 Å². The van der Waals surface area contributed by atoms with Crippen LogP contribution in [0.4, 0.5) is 5.69 Å². The van der Waals surface area contributed by atoms with Crippen molar-refractivity contribution in [1.29, 1.82) is 0 Å². The minimum absolute atomic E-state index is 0.117. The molecule has 176 valence electrons. The fourth-order valence-electron chi connectivity index (χ4n) is 3.57. The van der Waals surface area contributed by atoms with Crippen LogP contribution < -0.4 is 5.32 Å². The van der Waals surface area contributed by atoms with Gasteiger partial charge in [-0.05, 0) is 79.5 Å². The summed E-state index contributed by atoms with van der Waals surface area (Å²) in [5.74, 6) is -0.117. The first-order chi connectivity index (χ1) is 16.9. The number of allylic oxidation sites excluding steroid dienone is 5. The molecule has 0 fully saturated rings. The molecule has 0 aliphatic carbocycles. The Hall–Kier alpha value is -3.41. The van der Waals surface area contributed by atoms with Crippen molar-refractivity contribution in [2.45, 2.75) is 30.1 Å². The predicted octanol–water partition coefficient (Wildman–Crippen LogP) is 7.28. The molecule has 2 heterocycles. The molecule has 0 radical (unpaired) electrons. The van der Waals surface area contributed by atoms with Crippen LogP contribution in [0.25, 0.3) is 0 Å². The predicted molar refractivity (Wildman–Crippen MR) is 146 cm³/mol. The highest BCUT2D eigenvalue weighted by molar-refractivity contribution is 7.99. The van der Waals surface area contributed by atoms with Gasteiger partial charge in [0, 0.05) is 44.9 Å². The Kier molecular flexibility index (Phi) is 8.01. The van der Waals surface area contributed by atoms with Gasteiger partial charge < -0.3 is 5.32 Å². The highest BCUT2D eigenvalue weighted by Gasteiger charge is 2.19. The molecule has 0 bridgehead atoms. The van der Waals surface area contributed by atoms with Crippen LogP contribution in [0.3, 0.4) is 0 Å². The lowest BCUT2D eigenvalue weighted by atomic mass is 10.0. The number of benzene rings is 2. The molecule has 6 heteroatoms. The SMILES string of the molecule is C=C(C)/C(Cl)=C\C=C(/C)C1=Nc2cc(C(=O)NCCc3ccncc3)ccc2Sc2ccccc21. The third-order valence-corrected chi connectivity index (χ3v) is 7.11. The number of nitrogens with zero attached hydrogens (tertiary/aromatic N) is 2. The molecule has 2 aromatic carbocycles. The summed E-state index contributed by atoms with van der Waals surface area (Å²) in [5.41, 5.74) is 6.16. The smallest absolute Gasteiger partial charge is 0.251 e. The zero-order chi connectivity index (χ0) is 24.8. The summed E-state index contributed by atoms with van der Waals surface area (Å²) < 4.78 is 0. The third-order valence-electron chi connectivity index (χ3n) is 5.52. The number of rotatable bonds is 7. The van der Waals surface area contributed by atoms with Crippen molar-refractivity contribution in [3.63, 3.8) is 0 Å². The molecule has 35 heavy (non-hydrogen) atoms. The minimum atomic E-state index is -0.117. The van der Waals surface area contributed by atoms with Crippen molar-refractivity contribution >= 4 is 40.7 Å². The molecule has 3 aromatic rings. The van der Waals surface area contributed by atoms with Gasteiger partial charge in [0.15, 0.2) is 0 Å². The van der Waals surface area contributed by atoms with Crippen molar-refractivity contribution in [2.24, 2.45) is 4.99 Å². The van der Waals surface area contributed by atoms with Gasteiger partial charge in [-0.15, -0.1) is 0 Å². The van der Waals surface area contributed by atoms with Crippen LogP contribution in [-0.4, -0.2) is 23.1 Å². The number of nitrogens with one attached hydrogen (secondary N) is 1. The molecule has 4 rings (SSSR count). The van der Waals surface area contributed by atoms with Crippen LogP contribution >= 0.6 is 23.4 Å². The maximum Gasteiger partial charge on any atom is 0.251 e. The second-order valence-corrected chi connectivity index (χ2v) is 9.74. The summed E-state index contributed by atoms with van der Waals surface area (Å²) >= 11 is 7.93. The lowest BCUT2D eigenvalue weighted by Crippen LogP contribution is -2.25. The minimum Gasteiger partial charge on any atom is -0.352 e. The Bertz CT molecular complexity index is 1360. The number of hydrogen-bond acceptors (Lipinski definition) is 4. The summed E-state index contributed by atoms with van der Waals surface area (Å²) in [6.45, 7) is 8.32. The fourth-order valence-corrected chi connectivity index (χ4v) is 4.64. The van der Waals surface area contributed by atoms with Gasteiger partial charge in [0.2, 0.25) is 0 Å². The van der Waals surface area contributed by atoms with Gasteiger partial charge in [-0.2, -0.15) is 0 Å². The van der Waals surface area contributed by atoms with E-state index in [0.29, 0.717) is 17.1 Å². The van der Waals surface area contributed by atoms with E-state index in [1.807, 2.05) is 68.5 Å². The number of hydrogen-bond donors (Lipinski definition) is 1. The number of aromatic nitrogens is 1. The van der Waals surface area contributed by atoms with E-state index in [1.165, 1.54) is 0 Å². The average Bonchev–Trinajstić information content (AvgIpc) is 3.04. The van der Waals surface area contributed by atoms with Crippen LogP contribution in [0.1, 0.15) is 35.3 Å². The maximum absolute atomic E-state index is 12.9. The second-order valence-electron chi connectivity index (χ2n) is 8.25. The van der Waals surface area contributed by atoms with Gasteiger partial charge in [-0.3, -0.25) is 9.78 Å². The van der Waals surface area contributed by atoms with Crippen LogP contribution in [-0.2, 0) is 6.42 Å². The molecule has 4 nitrogen and oxygen atoms in total. The van der Waals surface area contributed by atoms with E-state index in [2.05, 4.69) is 29.0 Å². The first-order valence-corrected chi connectivity index (χ1v) is 12.5. The third kappa shape index (κ3) is 6.18. The van der Waals surface area contributed by atoms with Gasteiger partial charge in [0.1, 0.15) is 0 Å². The summed E-state index contributed by atoms with van der Waals surface area (Å²) in [6, 6.07) is 17.8. The lowest BCUT2D eigenvalue weighted by molar-refractivity contribution is 0.0954. The standard InChI is InChI=1S/C29H26ClN3OS/c1-19(2)24(30)10-8-20(3)28-23-6-4-5-7-26(23)35-27-11-9-22(18-25(27)33-28)29(34)32-17-14-21-12-15-31-16-13-21/h4-13,15-16,18H,1,14,17H2,2-3H3,(H,32,34)/b20-8+,24-10+. The monoisotopic (exact) mass is 499 g/mol. The Morgan fingerprint density at radius 3 is 2.60 bits per heavy atom. The Morgan fingerprint density at radius 2 is 1.83 bits per heavy atom. The normalized spacial score (nSPS) is 13.3. The summed E-state index contributed by atoms with van der Waals surface area (Å²) in [7, 11) is 0. The number of amides is 1. The zero-order valence-electron chi connectivity index (χ0n) is 19.7. The molecule has 0 spiro atoms. The topological polar surface area (TPSA) is 54.4 Å². The van der Waals surface area contributed by atoms with Crippen molar-refractivity contribution in [3.8, 4) is 0 Å². The highest BCUT2D eigenvalue weighted by atomic mass is 35.5. The molecule has 0 saturated heterocycles. The van der Waals surface area contributed by atoms with Crippen molar-refractivity contribution in [2.75, 3.05) is 6.54 Å². The van der Waals surface area contributed by atoms with Gasteiger partial charge >= 0.3 is 0 Å². The molecule has 0 saturated carbocycles. The number of aliphatic imine (C=N–C) groups is 1. The Labute approximate surface area is 215 Å². The first kappa shape index (κ1) is 24.7. The second kappa shape index (κ2) is 11.3. The van der Waals surface area contributed by atoms with Crippen LogP contribution in [0.2, 0.25) is 0 Å². The molecule has 1 aliphatic heterocycles. The first-order valence-electron chi connectivity index (χ1n) is 11.3. The average molecular weight is 500 g/mol.